The normalized spacial score (nSPS) is 14.1. The van der Waals surface area contributed by atoms with Crippen molar-refractivity contribution in [3.63, 3.8) is 0 Å². The molecule has 2 amide bonds. The second-order valence-corrected chi connectivity index (χ2v) is 6.81. The number of benzene rings is 2. The van der Waals surface area contributed by atoms with E-state index in [0.717, 1.165) is 17.5 Å². The van der Waals surface area contributed by atoms with Crippen LogP contribution in [0.3, 0.4) is 0 Å². The average Bonchev–Trinajstić information content (AvgIpc) is 2.70. The van der Waals surface area contributed by atoms with Gasteiger partial charge in [0.05, 0.1) is 6.54 Å². The van der Waals surface area contributed by atoms with Crippen LogP contribution in [0.5, 0.6) is 0 Å². The molecule has 0 aromatic heterocycles. The van der Waals surface area contributed by atoms with Crippen LogP contribution in [0.2, 0.25) is 0 Å². The lowest BCUT2D eigenvalue weighted by molar-refractivity contribution is -0.132. The smallest absolute Gasteiger partial charge is 0.270 e. The lowest BCUT2D eigenvalue weighted by atomic mass is 10.1. The van der Waals surface area contributed by atoms with Crippen LogP contribution >= 0.6 is 0 Å². The number of carbonyl (C=O) groups excluding carboxylic acids is 2. The van der Waals surface area contributed by atoms with Crippen molar-refractivity contribution in [1.29, 1.82) is 0 Å². The van der Waals surface area contributed by atoms with Gasteiger partial charge in [-0.2, -0.15) is 5.10 Å². The summed E-state index contributed by atoms with van der Waals surface area (Å²) in [6.07, 6.45) is 1.70. The molecule has 5 heteroatoms. The highest BCUT2D eigenvalue weighted by Gasteiger charge is 2.26. The highest BCUT2D eigenvalue weighted by atomic mass is 16.2. The molecule has 0 fully saturated rings. The molecule has 1 aliphatic rings. The van der Waals surface area contributed by atoms with Crippen molar-refractivity contribution in [2.24, 2.45) is 5.10 Å². The SMILES string of the molecule is CCc1ccc(CN(C)C(=O)C2=NN(Cc3ccccc3)C(=O)CC2)cc1. The molecule has 0 radical (unpaired) electrons. The van der Waals surface area contributed by atoms with Crippen LogP contribution in [0.4, 0.5) is 0 Å². The lowest BCUT2D eigenvalue weighted by Crippen LogP contribution is -2.39. The van der Waals surface area contributed by atoms with Crippen LogP contribution in [0.25, 0.3) is 0 Å². The Balaban J connectivity index is 1.68. The van der Waals surface area contributed by atoms with Crippen LogP contribution in [0.1, 0.15) is 36.5 Å². The number of hydrogen-bond acceptors (Lipinski definition) is 3. The Morgan fingerprint density at radius 2 is 1.67 bits per heavy atom. The Kier molecular flexibility index (Phi) is 6.01. The molecule has 5 nitrogen and oxygen atoms in total. The summed E-state index contributed by atoms with van der Waals surface area (Å²) in [5.74, 6) is -0.173. The first kappa shape index (κ1) is 18.8. The van der Waals surface area contributed by atoms with Gasteiger partial charge in [-0.3, -0.25) is 9.59 Å². The van der Waals surface area contributed by atoms with Crippen LogP contribution in [0.15, 0.2) is 59.7 Å². The van der Waals surface area contributed by atoms with Gasteiger partial charge in [-0.15, -0.1) is 0 Å². The van der Waals surface area contributed by atoms with E-state index in [0.29, 0.717) is 31.6 Å². The summed E-state index contributed by atoms with van der Waals surface area (Å²) < 4.78 is 0. The molecule has 140 valence electrons. The summed E-state index contributed by atoms with van der Waals surface area (Å²) in [6.45, 7) is 3.03. The first-order chi connectivity index (χ1) is 13.1. The summed E-state index contributed by atoms with van der Waals surface area (Å²) >= 11 is 0. The van der Waals surface area contributed by atoms with Gasteiger partial charge >= 0.3 is 0 Å². The molecule has 2 aromatic rings. The molecule has 0 saturated heterocycles. The number of carbonyl (C=O) groups is 2. The topological polar surface area (TPSA) is 53.0 Å². The maximum absolute atomic E-state index is 12.8. The fourth-order valence-electron chi connectivity index (χ4n) is 3.08. The van der Waals surface area contributed by atoms with Crippen LogP contribution in [0, 0.1) is 0 Å². The summed E-state index contributed by atoms with van der Waals surface area (Å²) in [5.41, 5.74) is 3.79. The zero-order valence-corrected chi connectivity index (χ0v) is 15.9. The van der Waals surface area contributed by atoms with E-state index in [9.17, 15) is 9.59 Å². The van der Waals surface area contributed by atoms with E-state index >= 15 is 0 Å². The average molecular weight is 363 g/mol. The molecule has 0 saturated carbocycles. The molecule has 27 heavy (non-hydrogen) atoms. The molecular weight excluding hydrogens is 338 g/mol. The molecule has 0 bridgehead atoms. The molecule has 1 heterocycles. The van der Waals surface area contributed by atoms with Gasteiger partial charge in [0.1, 0.15) is 5.71 Å². The largest absolute Gasteiger partial charge is 0.336 e. The van der Waals surface area contributed by atoms with Crippen molar-refractivity contribution in [2.45, 2.75) is 39.3 Å². The second kappa shape index (κ2) is 8.62. The predicted molar refractivity (Wildman–Crippen MR) is 106 cm³/mol. The molecule has 3 rings (SSSR count). The third kappa shape index (κ3) is 4.82. The summed E-state index contributed by atoms with van der Waals surface area (Å²) in [5, 5.41) is 5.77. The number of rotatable bonds is 6. The standard InChI is InChI=1S/C22H25N3O2/c1-3-17-9-11-19(12-10-17)15-24(2)22(27)20-13-14-21(26)25(23-20)16-18-7-5-4-6-8-18/h4-12H,3,13-16H2,1-2H3. The highest BCUT2D eigenvalue weighted by Crippen LogP contribution is 2.15. The minimum absolute atomic E-state index is 0.0480. The Hall–Kier alpha value is -2.95. The van der Waals surface area contributed by atoms with E-state index in [4.69, 9.17) is 0 Å². The van der Waals surface area contributed by atoms with Crippen LogP contribution < -0.4 is 0 Å². The van der Waals surface area contributed by atoms with Gasteiger partial charge in [0, 0.05) is 26.4 Å². The van der Waals surface area contributed by atoms with Crippen molar-refractivity contribution in [2.75, 3.05) is 7.05 Å². The highest BCUT2D eigenvalue weighted by molar-refractivity contribution is 6.39. The molecule has 0 spiro atoms. The molecule has 0 N–H and O–H groups in total. The monoisotopic (exact) mass is 363 g/mol. The van der Waals surface area contributed by atoms with Gasteiger partial charge in [-0.05, 0) is 23.1 Å². The third-order valence-corrected chi connectivity index (χ3v) is 4.72. The fourth-order valence-corrected chi connectivity index (χ4v) is 3.08. The Labute approximate surface area is 160 Å². The van der Waals surface area contributed by atoms with Crippen LogP contribution in [-0.4, -0.2) is 34.5 Å². The maximum atomic E-state index is 12.8. The molecule has 0 unspecified atom stereocenters. The summed E-state index contributed by atoms with van der Waals surface area (Å²) in [4.78, 5) is 26.6. The van der Waals surface area contributed by atoms with E-state index in [1.165, 1.54) is 10.6 Å². The van der Waals surface area contributed by atoms with Crippen molar-refractivity contribution >= 4 is 17.5 Å². The van der Waals surface area contributed by atoms with Gasteiger partial charge in [-0.1, -0.05) is 61.5 Å². The maximum Gasteiger partial charge on any atom is 0.270 e. The van der Waals surface area contributed by atoms with E-state index in [1.54, 1.807) is 11.9 Å². The van der Waals surface area contributed by atoms with E-state index in [2.05, 4.69) is 36.3 Å². The summed E-state index contributed by atoms with van der Waals surface area (Å²) in [7, 11) is 1.77. The number of nitrogens with zero attached hydrogens (tertiary/aromatic N) is 3. The number of hydrazone groups is 1. The van der Waals surface area contributed by atoms with Gasteiger partial charge in [-0.25, -0.2) is 5.01 Å². The second-order valence-electron chi connectivity index (χ2n) is 6.81. The van der Waals surface area contributed by atoms with Gasteiger partial charge in [0.25, 0.3) is 5.91 Å². The van der Waals surface area contributed by atoms with E-state index in [1.807, 2.05) is 30.3 Å². The van der Waals surface area contributed by atoms with Gasteiger partial charge in [0.15, 0.2) is 0 Å². The van der Waals surface area contributed by atoms with Crippen molar-refractivity contribution < 1.29 is 9.59 Å². The first-order valence-electron chi connectivity index (χ1n) is 9.32. The third-order valence-electron chi connectivity index (χ3n) is 4.72. The molecule has 2 aromatic carbocycles. The summed E-state index contributed by atoms with van der Waals surface area (Å²) in [6, 6.07) is 18.0. The molecule has 1 aliphatic heterocycles. The first-order valence-corrected chi connectivity index (χ1v) is 9.32. The lowest BCUT2D eigenvalue weighted by Gasteiger charge is -2.25. The van der Waals surface area contributed by atoms with Crippen molar-refractivity contribution in [3.8, 4) is 0 Å². The minimum atomic E-state index is -0.125. The number of hydrogen-bond donors (Lipinski definition) is 0. The van der Waals surface area contributed by atoms with E-state index in [-0.39, 0.29) is 11.8 Å². The Morgan fingerprint density at radius 3 is 2.33 bits per heavy atom. The van der Waals surface area contributed by atoms with Gasteiger partial charge in [0.2, 0.25) is 5.91 Å². The van der Waals surface area contributed by atoms with Crippen LogP contribution in [-0.2, 0) is 29.1 Å². The van der Waals surface area contributed by atoms with Crippen molar-refractivity contribution in [1.82, 2.24) is 9.91 Å². The number of aryl methyl sites for hydroxylation is 1. The fraction of sp³-hybridized carbons (Fsp3) is 0.318. The molecule has 0 atom stereocenters. The minimum Gasteiger partial charge on any atom is -0.336 e. The van der Waals surface area contributed by atoms with E-state index < -0.39 is 0 Å². The molecule has 0 aliphatic carbocycles. The Bertz CT molecular complexity index is 828. The van der Waals surface area contributed by atoms with Gasteiger partial charge < -0.3 is 4.90 Å². The van der Waals surface area contributed by atoms with Crippen molar-refractivity contribution in [3.05, 3.63) is 71.3 Å². The zero-order valence-electron chi connectivity index (χ0n) is 15.9. The Morgan fingerprint density at radius 1 is 1.00 bits per heavy atom. The number of amides is 2. The quantitative estimate of drug-likeness (QED) is 0.790. The zero-order chi connectivity index (χ0) is 19.2. The molecular formula is C22H25N3O2. The predicted octanol–water partition coefficient (Wildman–Crippen LogP) is 3.39.